The molecule has 2 heterocycles. The molecule has 4 rings (SSSR count). The Morgan fingerprint density at radius 2 is 1.94 bits per heavy atom. The van der Waals surface area contributed by atoms with Crippen molar-refractivity contribution in [3.63, 3.8) is 0 Å². The van der Waals surface area contributed by atoms with Crippen molar-refractivity contribution in [3.05, 3.63) is 65.3 Å². The smallest absolute Gasteiger partial charge is 0.303 e. The molecule has 10 heteroatoms. The number of carbonyl (C=O) groups is 3. The second-order valence-corrected chi connectivity index (χ2v) is 8.08. The Hall–Kier alpha value is -3.98. The number of anilines is 1. The van der Waals surface area contributed by atoms with Crippen LogP contribution < -0.4 is 20.2 Å². The maximum atomic E-state index is 12.9. The van der Waals surface area contributed by atoms with Crippen LogP contribution in [0.15, 0.2) is 54.6 Å². The van der Waals surface area contributed by atoms with E-state index in [1.54, 1.807) is 54.3 Å². The maximum absolute atomic E-state index is 12.9. The van der Waals surface area contributed by atoms with Gasteiger partial charge in [-0.1, -0.05) is 11.6 Å². The number of aliphatic carboxylic acids is 1. The van der Waals surface area contributed by atoms with E-state index in [9.17, 15) is 14.4 Å². The number of benzene rings is 2. The Morgan fingerprint density at radius 1 is 1.18 bits per heavy atom. The van der Waals surface area contributed by atoms with Crippen LogP contribution >= 0.6 is 11.6 Å². The van der Waals surface area contributed by atoms with Gasteiger partial charge in [-0.05, 0) is 54.6 Å². The zero-order valence-corrected chi connectivity index (χ0v) is 19.0. The third-order valence-corrected chi connectivity index (χ3v) is 5.55. The lowest BCUT2D eigenvalue weighted by Gasteiger charge is -2.26. The number of carbonyl (C=O) groups excluding carboxylic acids is 2. The SMILES string of the molecule is COc1ccc(-c2ccc(CCC(=O)O)n2NC(=O)C[C@@H]2Oc3ccc(Cl)cc3NC2=O)cc1. The van der Waals surface area contributed by atoms with E-state index in [4.69, 9.17) is 26.2 Å². The number of hydrogen-bond donors (Lipinski definition) is 3. The van der Waals surface area contributed by atoms with Gasteiger partial charge < -0.3 is 19.9 Å². The number of aromatic nitrogens is 1. The van der Waals surface area contributed by atoms with Crippen LogP contribution in [0.2, 0.25) is 5.02 Å². The molecular formula is C24H22ClN3O6. The average molecular weight is 484 g/mol. The number of hydrogen-bond acceptors (Lipinski definition) is 5. The second-order valence-electron chi connectivity index (χ2n) is 7.64. The molecule has 0 radical (unpaired) electrons. The summed E-state index contributed by atoms with van der Waals surface area (Å²) >= 11 is 5.95. The highest BCUT2D eigenvalue weighted by Crippen LogP contribution is 2.33. The van der Waals surface area contributed by atoms with Crippen molar-refractivity contribution in [2.24, 2.45) is 0 Å². The van der Waals surface area contributed by atoms with Gasteiger partial charge in [0.2, 0.25) is 5.91 Å². The molecule has 2 amide bonds. The van der Waals surface area contributed by atoms with Gasteiger partial charge in [-0.2, -0.15) is 0 Å². The van der Waals surface area contributed by atoms with Gasteiger partial charge in [0.05, 0.1) is 31.3 Å². The van der Waals surface area contributed by atoms with Crippen LogP contribution in [0.1, 0.15) is 18.5 Å². The van der Waals surface area contributed by atoms with Crippen LogP contribution in [0, 0.1) is 0 Å². The lowest BCUT2D eigenvalue weighted by atomic mass is 10.1. The average Bonchev–Trinajstić information content (AvgIpc) is 3.20. The van der Waals surface area contributed by atoms with E-state index in [2.05, 4.69) is 10.7 Å². The van der Waals surface area contributed by atoms with E-state index in [0.29, 0.717) is 33.6 Å². The molecule has 0 bridgehead atoms. The van der Waals surface area contributed by atoms with Crippen molar-refractivity contribution in [1.29, 1.82) is 0 Å². The molecule has 0 fully saturated rings. The normalized spacial score (nSPS) is 14.5. The summed E-state index contributed by atoms with van der Waals surface area (Å²) in [5, 5.41) is 12.2. The minimum absolute atomic E-state index is 0.102. The van der Waals surface area contributed by atoms with Crippen LogP contribution in [0.5, 0.6) is 11.5 Å². The topological polar surface area (TPSA) is 119 Å². The lowest BCUT2D eigenvalue weighted by molar-refractivity contribution is -0.137. The molecule has 1 aliphatic heterocycles. The van der Waals surface area contributed by atoms with E-state index in [1.807, 2.05) is 12.1 Å². The molecule has 0 saturated heterocycles. The van der Waals surface area contributed by atoms with Crippen LogP contribution in [-0.4, -0.2) is 40.8 Å². The number of halogens is 1. The molecule has 3 aromatic rings. The Kier molecular flexibility index (Phi) is 6.74. The first kappa shape index (κ1) is 23.2. The van der Waals surface area contributed by atoms with Crippen LogP contribution in [0.25, 0.3) is 11.3 Å². The number of fused-ring (bicyclic) bond motifs is 1. The van der Waals surface area contributed by atoms with Crippen LogP contribution in [-0.2, 0) is 20.8 Å². The molecule has 0 spiro atoms. The van der Waals surface area contributed by atoms with Crippen molar-refractivity contribution in [3.8, 4) is 22.8 Å². The van der Waals surface area contributed by atoms with E-state index in [1.165, 1.54) is 0 Å². The molecule has 1 aromatic heterocycles. The van der Waals surface area contributed by atoms with Gasteiger partial charge in [-0.3, -0.25) is 24.5 Å². The molecule has 1 aliphatic rings. The largest absolute Gasteiger partial charge is 0.497 e. The molecule has 9 nitrogen and oxygen atoms in total. The molecular weight excluding hydrogens is 462 g/mol. The van der Waals surface area contributed by atoms with Crippen molar-refractivity contribution < 1.29 is 29.0 Å². The molecule has 3 N–H and O–H groups in total. The third-order valence-electron chi connectivity index (χ3n) is 5.31. The molecule has 2 aromatic carbocycles. The summed E-state index contributed by atoms with van der Waals surface area (Å²) < 4.78 is 12.4. The number of carboxylic acid groups (broad SMARTS) is 1. The number of aryl methyl sites for hydroxylation is 1. The fourth-order valence-electron chi connectivity index (χ4n) is 3.62. The summed E-state index contributed by atoms with van der Waals surface area (Å²) in [6.07, 6.45) is -1.17. The van der Waals surface area contributed by atoms with E-state index >= 15 is 0 Å². The number of amides is 2. The number of nitrogens with one attached hydrogen (secondary N) is 2. The zero-order valence-electron chi connectivity index (χ0n) is 18.2. The van der Waals surface area contributed by atoms with Crippen LogP contribution in [0.4, 0.5) is 5.69 Å². The van der Waals surface area contributed by atoms with Gasteiger partial charge in [0, 0.05) is 22.7 Å². The van der Waals surface area contributed by atoms with Crippen molar-refractivity contribution in [2.45, 2.75) is 25.4 Å². The first-order valence-electron chi connectivity index (χ1n) is 10.5. The fraction of sp³-hybridized carbons (Fsp3) is 0.208. The summed E-state index contributed by atoms with van der Waals surface area (Å²) in [4.78, 5) is 36.5. The zero-order chi connectivity index (χ0) is 24.2. The second kappa shape index (κ2) is 9.88. The van der Waals surface area contributed by atoms with E-state index in [-0.39, 0.29) is 19.3 Å². The van der Waals surface area contributed by atoms with Crippen molar-refractivity contribution in [1.82, 2.24) is 4.68 Å². The summed E-state index contributed by atoms with van der Waals surface area (Å²) in [7, 11) is 1.57. The highest BCUT2D eigenvalue weighted by atomic mass is 35.5. The lowest BCUT2D eigenvalue weighted by Crippen LogP contribution is -2.40. The monoisotopic (exact) mass is 483 g/mol. The fourth-order valence-corrected chi connectivity index (χ4v) is 3.80. The standard InChI is InChI=1S/C24H22ClN3O6/c1-33-17-7-2-14(3-8-17)19-9-5-16(6-11-23(30)31)28(19)27-22(29)13-21-24(32)26-18-12-15(25)4-10-20(18)34-21/h2-5,7-10,12,21H,6,11,13H2,1H3,(H,26,32)(H,27,29)(H,30,31)/t21-/m0/s1. The molecule has 0 saturated carbocycles. The Bertz CT molecular complexity index is 1240. The molecule has 1 atom stereocenters. The van der Waals surface area contributed by atoms with Crippen LogP contribution in [0.3, 0.4) is 0 Å². The van der Waals surface area contributed by atoms with Crippen molar-refractivity contribution in [2.75, 3.05) is 17.9 Å². The van der Waals surface area contributed by atoms with Gasteiger partial charge in [0.1, 0.15) is 11.5 Å². The number of carboxylic acids is 1. The Labute approximate surface area is 200 Å². The first-order valence-corrected chi connectivity index (χ1v) is 10.9. The summed E-state index contributed by atoms with van der Waals surface area (Å²) in [6.45, 7) is 0. The minimum Gasteiger partial charge on any atom is -0.497 e. The summed E-state index contributed by atoms with van der Waals surface area (Å²) in [5.74, 6) is -0.780. The minimum atomic E-state index is -1.03. The first-order chi connectivity index (χ1) is 16.3. The number of methoxy groups -OCH3 is 1. The number of nitrogens with zero attached hydrogens (tertiary/aromatic N) is 1. The predicted octanol–water partition coefficient (Wildman–Crippen LogP) is 3.69. The highest BCUT2D eigenvalue weighted by molar-refractivity contribution is 6.31. The summed E-state index contributed by atoms with van der Waals surface area (Å²) in [5.41, 5.74) is 5.28. The number of ether oxygens (including phenoxy) is 2. The van der Waals surface area contributed by atoms with Crippen molar-refractivity contribution >= 4 is 35.1 Å². The molecule has 0 unspecified atom stereocenters. The van der Waals surface area contributed by atoms with Gasteiger partial charge in [-0.25, -0.2) is 0 Å². The van der Waals surface area contributed by atoms with Gasteiger partial charge >= 0.3 is 5.97 Å². The highest BCUT2D eigenvalue weighted by Gasteiger charge is 2.30. The van der Waals surface area contributed by atoms with E-state index < -0.39 is 23.9 Å². The maximum Gasteiger partial charge on any atom is 0.303 e. The Morgan fingerprint density at radius 3 is 2.65 bits per heavy atom. The summed E-state index contributed by atoms with van der Waals surface area (Å²) in [6, 6.07) is 15.6. The molecule has 176 valence electrons. The molecule has 0 aliphatic carbocycles. The van der Waals surface area contributed by atoms with Gasteiger partial charge in [0.15, 0.2) is 6.10 Å². The van der Waals surface area contributed by atoms with Gasteiger partial charge in [-0.15, -0.1) is 0 Å². The predicted molar refractivity (Wildman–Crippen MR) is 126 cm³/mol. The van der Waals surface area contributed by atoms with E-state index in [0.717, 1.165) is 5.56 Å². The Balaban J connectivity index is 1.54. The van der Waals surface area contributed by atoms with Gasteiger partial charge in [0.25, 0.3) is 5.91 Å². The quantitative estimate of drug-likeness (QED) is 0.449. The number of rotatable bonds is 8. The third kappa shape index (κ3) is 5.15. The molecule has 34 heavy (non-hydrogen) atoms.